The summed E-state index contributed by atoms with van der Waals surface area (Å²) in [6.45, 7) is 7.44. The monoisotopic (exact) mass is 229 g/mol. The summed E-state index contributed by atoms with van der Waals surface area (Å²) < 4.78 is 0. The Balaban J connectivity index is 2.79. The minimum Gasteiger partial charge on any atom is -0.784 e. The Bertz CT molecular complexity index is 276. The van der Waals surface area contributed by atoms with Gasteiger partial charge in [0.05, 0.1) is 12.5 Å². The van der Waals surface area contributed by atoms with Gasteiger partial charge in [-0.1, -0.05) is 0 Å². The average Bonchev–Trinajstić information content (AvgIpc) is 2.35. The number of hydrogen-bond acceptors (Lipinski definition) is 4. The van der Waals surface area contributed by atoms with Crippen LogP contribution in [-0.2, 0) is 4.79 Å². The lowest BCUT2D eigenvalue weighted by molar-refractivity contribution is -0.127. The minimum atomic E-state index is -0.691. The Morgan fingerprint density at radius 1 is 1.50 bits per heavy atom. The molecule has 1 rings (SSSR count). The van der Waals surface area contributed by atoms with Crippen molar-refractivity contribution in [2.45, 2.75) is 45.2 Å². The van der Waals surface area contributed by atoms with Gasteiger partial charge in [0, 0.05) is 17.6 Å². The Hall–Kier alpha value is -0.650. The Morgan fingerprint density at radius 3 is 2.44 bits per heavy atom. The predicted octanol–water partition coefficient (Wildman–Crippen LogP) is 0.472. The molecule has 1 unspecified atom stereocenters. The van der Waals surface area contributed by atoms with E-state index in [1.807, 2.05) is 13.8 Å². The number of nitrogens with one attached hydrogen (secondary N) is 1. The molecule has 1 amide bonds. The number of nitrogens with zero attached hydrogens (tertiary/aromatic N) is 1. The van der Waals surface area contributed by atoms with Gasteiger partial charge in [0.2, 0.25) is 5.91 Å². The summed E-state index contributed by atoms with van der Waals surface area (Å²) in [6, 6.07) is 0. The van der Waals surface area contributed by atoms with Gasteiger partial charge in [0.25, 0.3) is 0 Å². The molecule has 1 aliphatic heterocycles. The van der Waals surface area contributed by atoms with E-state index in [0.717, 1.165) is 5.06 Å². The SMILES string of the molecule is CC1(C)CC(C(=O)NCCO)C(C)(C)N1[O-]. The molecule has 0 aromatic heterocycles. The number of carbonyl (C=O) groups excluding carboxylic acids is 1. The Morgan fingerprint density at radius 2 is 2.06 bits per heavy atom. The first-order chi connectivity index (χ1) is 7.23. The van der Waals surface area contributed by atoms with Gasteiger partial charge in [0.1, 0.15) is 0 Å². The van der Waals surface area contributed by atoms with E-state index >= 15 is 0 Å². The lowest BCUT2D eigenvalue weighted by Gasteiger charge is -2.47. The number of rotatable bonds is 3. The van der Waals surface area contributed by atoms with E-state index in [-0.39, 0.29) is 25.0 Å². The zero-order valence-electron chi connectivity index (χ0n) is 10.4. The van der Waals surface area contributed by atoms with Gasteiger partial charge in [-0.3, -0.25) is 4.79 Å². The van der Waals surface area contributed by atoms with Crippen molar-refractivity contribution < 1.29 is 9.90 Å². The quantitative estimate of drug-likeness (QED) is 0.737. The van der Waals surface area contributed by atoms with Gasteiger partial charge in [-0.05, 0) is 34.1 Å². The van der Waals surface area contributed by atoms with Gasteiger partial charge in [0.15, 0.2) is 0 Å². The Labute approximate surface area is 96.4 Å². The van der Waals surface area contributed by atoms with Crippen LogP contribution >= 0.6 is 0 Å². The minimum absolute atomic E-state index is 0.0800. The molecule has 1 atom stereocenters. The largest absolute Gasteiger partial charge is 0.784 e. The van der Waals surface area contributed by atoms with Crippen molar-refractivity contribution in [2.24, 2.45) is 5.92 Å². The van der Waals surface area contributed by atoms with Crippen LogP contribution in [0.5, 0.6) is 0 Å². The molecule has 1 fully saturated rings. The van der Waals surface area contributed by atoms with Crippen LogP contribution in [-0.4, -0.2) is 40.3 Å². The fraction of sp³-hybridized carbons (Fsp3) is 0.909. The van der Waals surface area contributed by atoms with E-state index in [1.54, 1.807) is 13.8 Å². The van der Waals surface area contributed by atoms with Gasteiger partial charge < -0.3 is 20.7 Å². The third kappa shape index (κ3) is 2.21. The number of amides is 1. The molecule has 1 heterocycles. The maximum absolute atomic E-state index is 12.0. The normalized spacial score (nSPS) is 28.0. The van der Waals surface area contributed by atoms with Gasteiger partial charge in [-0.2, -0.15) is 0 Å². The summed E-state index contributed by atoms with van der Waals surface area (Å²) in [5.74, 6) is -0.475. The fourth-order valence-corrected chi connectivity index (χ4v) is 2.47. The zero-order valence-corrected chi connectivity index (χ0v) is 10.4. The predicted molar refractivity (Wildman–Crippen MR) is 61.6 cm³/mol. The summed E-state index contributed by atoms with van der Waals surface area (Å²) in [5, 5.41) is 24.3. The van der Waals surface area contributed by atoms with E-state index in [4.69, 9.17) is 5.11 Å². The highest BCUT2D eigenvalue weighted by Crippen LogP contribution is 2.44. The zero-order chi connectivity index (χ0) is 12.6. The second-order valence-corrected chi connectivity index (χ2v) is 5.53. The van der Waals surface area contributed by atoms with Crippen LogP contribution in [0.1, 0.15) is 34.1 Å². The average molecular weight is 229 g/mol. The standard InChI is InChI=1S/C11H21N2O3/c1-10(2)7-8(9(15)12-5-6-14)11(3,4)13(10)16/h8,14H,5-7H2,1-4H3,(H,12,15)/q-1. The molecule has 0 aromatic carbocycles. The van der Waals surface area contributed by atoms with Crippen molar-refractivity contribution in [1.82, 2.24) is 10.4 Å². The van der Waals surface area contributed by atoms with E-state index < -0.39 is 11.1 Å². The molecule has 5 heteroatoms. The molecule has 94 valence electrons. The molecule has 16 heavy (non-hydrogen) atoms. The van der Waals surface area contributed by atoms with Crippen molar-refractivity contribution in [1.29, 1.82) is 0 Å². The maximum Gasteiger partial charge on any atom is 0.225 e. The van der Waals surface area contributed by atoms with Gasteiger partial charge in [-0.25, -0.2) is 0 Å². The topological polar surface area (TPSA) is 75.6 Å². The van der Waals surface area contributed by atoms with E-state index in [1.165, 1.54) is 0 Å². The van der Waals surface area contributed by atoms with Crippen LogP contribution in [0.3, 0.4) is 0 Å². The summed E-state index contributed by atoms with van der Waals surface area (Å²) in [6.07, 6.45) is 0.542. The molecular formula is C11H21N2O3-. The molecular weight excluding hydrogens is 208 g/mol. The maximum atomic E-state index is 12.0. The van der Waals surface area contributed by atoms with E-state index in [0.29, 0.717) is 6.42 Å². The highest BCUT2D eigenvalue weighted by Gasteiger charge is 2.49. The molecule has 1 aliphatic rings. The van der Waals surface area contributed by atoms with Crippen LogP contribution in [0.15, 0.2) is 0 Å². The lowest BCUT2D eigenvalue weighted by Crippen LogP contribution is -2.48. The molecule has 2 N–H and O–H groups in total. The third-order valence-electron chi connectivity index (χ3n) is 3.36. The highest BCUT2D eigenvalue weighted by molar-refractivity contribution is 5.80. The molecule has 0 bridgehead atoms. The summed E-state index contributed by atoms with van der Waals surface area (Å²) in [5.41, 5.74) is -1.20. The first-order valence-electron chi connectivity index (χ1n) is 5.59. The second-order valence-electron chi connectivity index (χ2n) is 5.53. The van der Waals surface area contributed by atoms with Crippen LogP contribution in [0.4, 0.5) is 0 Å². The summed E-state index contributed by atoms with van der Waals surface area (Å²) in [4.78, 5) is 11.9. The van der Waals surface area contributed by atoms with Crippen molar-refractivity contribution >= 4 is 5.91 Å². The molecule has 0 aliphatic carbocycles. The van der Waals surface area contributed by atoms with Gasteiger partial charge in [-0.15, -0.1) is 0 Å². The van der Waals surface area contributed by atoms with Crippen LogP contribution < -0.4 is 5.32 Å². The second kappa shape index (κ2) is 4.31. The van der Waals surface area contributed by atoms with Gasteiger partial charge >= 0.3 is 0 Å². The molecule has 0 aromatic rings. The summed E-state index contributed by atoms with van der Waals surface area (Å²) in [7, 11) is 0. The first-order valence-corrected chi connectivity index (χ1v) is 5.59. The Kier molecular flexibility index (Phi) is 3.62. The fourth-order valence-electron chi connectivity index (χ4n) is 2.47. The number of hydrogen-bond donors (Lipinski definition) is 2. The molecule has 5 nitrogen and oxygen atoms in total. The molecule has 0 saturated carbocycles. The highest BCUT2D eigenvalue weighted by atomic mass is 16.5. The van der Waals surface area contributed by atoms with Crippen LogP contribution in [0.25, 0.3) is 0 Å². The lowest BCUT2D eigenvalue weighted by atomic mass is 9.86. The molecule has 1 saturated heterocycles. The van der Waals surface area contributed by atoms with Crippen molar-refractivity contribution in [2.75, 3.05) is 13.2 Å². The van der Waals surface area contributed by atoms with E-state index in [2.05, 4.69) is 5.32 Å². The van der Waals surface area contributed by atoms with Crippen molar-refractivity contribution in [3.05, 3.63) is 5.21 Å². The van der Waals surface area contributed by atoms with Crippen LogP contribution in [0.2, 0.25) is 0 Å². The number of carbonyl (C=O) groups is 1. The number of aliphatic hydroxyl groups is 1. The number of hydroxylamine groups is 2. The molecule has 0 radical (unpaired) electrons. The van der Waals surface area contributed by atoms with Crippen molar-refractivity contribution in [3.63, 3.8) is 0 Å². The van der Waals surface area contributed by atoms with Crippen molar-refractivity contribution in [3.8, 4) is 0 Å². The third-order valence-corrected chi connectivity index (χ3v) is 3.36. The number of aliphatic hydroxyl groups excluding tert-OH is 1. The summed E-state index contributed by atoms with van der Waals surface area (Å²) >= 11 is 0. The molecule has 0 spiro atoms. The van der Waals surface area contributed by atoms with E-state index in [9.17, 15) is 10.0 Å². The van der Waals surface area contributed by atoms with Crippen LogP contribution in [0, 0.1) is 11.1 Å². The first kappa shape index (κ1) is 13.4. The smallest absolute Gasteiger partial charge is 0.225 e.